The van der Waals surface area contributed by atoms with Crippen LogP contribution in [-0.4, -0.2) is 9.13 Å². The van der Waals surface area contributed by atoms with E-state index in [-0.39, 0.29) is 0 Å². The van der Waals surface area contributed by atoms with Crippen LogP contribution in [0.15, 0.2) is 152 Å². The Morgan fingerprint density at radius 1 is 0.460 bits per heavy atom. The minimum atomic E-state index is 0.533. The lowest BCUT2D eigenvalue weighted by Crippen LogP contribution is -2.00. The van der Waals surface area contributed by atoms with Gasteiger partial charge in [-0.25, -0.2) is 4.85 Å². The Hall–Kier alpha value is -7.39. The Morgan fingerprint density at radius 3 is 1.68 bits per heavy atom. The molecule has 0 radical (unpaired) electrons. The van der Waals surface area contributed by atoms with Gasteiger partial charge in [0.2, 0.25) is 0 Å². The van der Waals surface area contributed by atoms with Gasteiger partial charge in [-0.3, -0.25) is 0 Å². The first-order valence-corrected chi connectivity index (χ1v) is 16.3. The van der Waals surface area contributed by atoms with Crippen LogP contribution in [0.1, 0.15) is 11.1 Å². The Morgan fingerprint density at radius 2 is 1.04 bits per heavy atom. The molecule has 5 nitrogen and oxygen atoms in total. The lowest BCUT2D eigenvalue weighted by atomic mass is 9.94. The van der Waals surface area contributed by atoms with Crippen LogP contribution in [0, 0.1) is 29.2 Å². The zero-order chi connectivity index (χ0) is 33.8. The van der Waals surface area contributed by atoms with Gasteiger partial charge in [-0.1, -0.05) is 97.1 Å². The van der Waals surface area contributed by atoms with E-state index in [0.717, 1.165) is 77.2 Å². The topological polar surface area (TPSA) is 61.8 Å². The summed E-state index contributed by atoms with van der Waals surface area (Å²) in [6, 6.07) is 55.5. The van der Waals surface area contributed by atoms with E-state index in [1.165, 1.54) is 0 Å². The van der Waals surface area contributed by atoms with Gasteiger partial charge in [-0.05, 0) is 65.7 Å². The number of hydrogen-bond donors (Lipinski definition) is 0. The van der Waals surface area contributed by atoms with Gasteiger partial charge >= 0.3 is 0 Å². The van der Waals surface area contributed by atoms with Crippen LogP contribution in [-0.2, 0) is 0 Å². The third-order valence-corrected chi connectivity index (χ3v) is 9.61. The minimum absolute atomic E-state index is 0.533. The van der Waals surface area contributed by atoms with E-state index in [0.29, 0.717) is 16.8 Å². The molecule has 2 heterocycles. The van der Waals surface area contributed by atoms with Crippen LogP contribution >= 0.6 is 0 Å². The molecule has 0 aliphatic rings. The summed E-state index contributed by atoms with van der Waals surface area (Å²) in [6.45, 7) is 7.84. The highest BCUT2D eigenvalue weighted by molar-refractivity contribution is 6.11. The van der Waals surface area contributed by atoms with Gasteiger partial charge in [0.05, 0.1) is 51.5 Å². The van der Waals surface area contributed by atoms with E-state index >= 15 is 0 Å². The third-order valence-electron chi connectivity index (χ3n) is 9.61. The van der Waals surface area contributed by atoms with Crippen molar-refractivity contribution in [2.75, 3.05) is 0 Å². The summed E-state index contributed by atoms with van der Waals surface area (Å²) >= 11 is 0. The van der Waals surface area contributed by atoms with Crippen molar-refractivity contribution < 1.29 is 0 Å². The maximum Gasteiger partial charge on any atom is 0.189 e. The predicted molar refractivity (Wildman–Crippen MR) is 202 cm³/mol. The van der Waals surface area contributed by atoms with Gasteiger partial charge in [0, 0.05) is 38.4 Å². The van der Waals surface area contributed by atoms with Crippen molar-refractivity contribution in [3.05, 3.63) is 174 Å². The maximum absolute atomic E-state index is 10.7. The fraction of sp³-hybridized carbons (Fsp3) is 0. The van der Waals surface area contributed by atoms with Crippen molar-refractivity contribution in [3.63, 3.8) is 0 Å². The molecule has 0 spiro atoms. The molecule has 50 heavy (non-hydrogen) atoms. The van der Waals surface area contributed by atoms with Gasteiger partial charge in [-0.15, -0.1) is 0 Å². The number of benzene rings is 7. The van der Waals surface area contributed by atoms with Gasteiger partial charge in [0.1, 0.15) is 6.07 Å². The van der Waals surface area contributed by atoms with Crippen molar-refractivity contribution in [2.24, 2.45) is 0 Å². The van der Waals surface area contributed by atoms with E-state index in [1.54, 1.807) is 0 Å². The number of rotatable bonds is 4. The van der Waals surface area contributed by atoms with Gasteiger partial charge < -0.3 is 9.13 Å². The number of nitriles is 2. The van der Waals surface area contributed by atoms with E-state index in [4.69, 9.17) is 6.57 Å². The molecule has 9 rings (SSSR count). The number of fused-ring (bicyclic) bond motifs is 6. The Labute approximate surface area is 288 Å². The molecule has 2 aromatic heterocycles. The van der Waals surface area contributed by atoms with E-state index < -0.39 is 0 Å². The van der Waals surface area contributed by atoms with Crippen LogP contribution in [0.3, 0.4) is 0 Å². The molecule has 0 saturated carbocycles. The standard InChI is InChI=1S/C45H25N5/c1-48-32-21-22-34(45(26-32)50-42-18-7-4-14-37(42)38-24-29(27-46)20-23-44(38)50)31-11-8-10-30(25-31)33-15-9-19-43(39(33)28-47)49-40-16-5-2-12-35(40)36-13-3-6-17-41(36)49/h2-26H. The first-order chi connectivity index (χ1) is 24.7. The highest BCUT2D eigenvalue weighted by Gasteiger charge is 2.20. The molecule has 5 heteroatoms. The maximum atomic E-state index is 10.7. The van der Waals surface area contributed by atoms with Crippen molar-refractivity contribution in [1.29, 1.82) is 10.5 Å². The van der Waals surface area contributed by atoms with Gasteiger partial charge in [0.25, 0.3) is 0 Å². The zero-order valence-corrected chi connectivity index (χ0v) is 26.7. The summed E-state index contributed by atoms with van der Waals surface area (Å²) in [7, 11) is 0. The van der Waals surface area contributed by atoms with Crippen LogP contribution < -0.4 is 0 Å². The van der Waals surface area contributed by atoms with Crippen molar-refractivity contribution in [2.45, 2.75) is 0 Å². The second-order valence-corrected chi connectivity index (χ2v) is 12.3. The summed E-state index contributed by atoms with van der Waals surface area (Å²) in [5, 5.41) is 24.7. The van der Waals surface area contributed by atoms with E-state index in [2.05, 4.69) is 74.6 Å². The quantitative estimate of drug-likeness (QED) is 0.181. The molecule has 0 fully saturated rings. The largest absolute Gasteiger partial charge is 0.310 e. The van der Waals surface area contributed by atoms with Crippen LogP contribution in [0.2, 0.25) is 0 Å². The summed E-state index contributed by atoms with van der Waals surface area (Å²) in [6.07, 6.45) is 0. The van der Waals surface area contributed by atoms with Crippen LogP contribution in [0.5, 0.6) is 0 Å². The molecule has 0 aliphatic carbocycles. The van der Waals surface area contributed by atoms with E-state index in [1.807, 2.05) is 103 Å². The SMILES string of the molecule is [C-]#[N+]c1ccc(-c2cccc(-c3cccc(-n4c5ccccc5c5ccccc54)c3C#N)c2)c(-n2c3ccccc3c3cc(C#N)ccc32)c1. The Kier molecular flexibility index (Phi) is 6.56. The molecule has 0 bridgehead atoms. The molecule has 230 valence electrons. The molecule has 0 saturated heterocycles. The summed E-state index contributed by atoms with van der Waals surface area (Å²) < 4.78 is 4.38. The molecule has 0 N–H and O–H groups in total. The first-order valence-electron chi connectivity index (χ1n) is 16.3. The van der Waals surface area contributed by atoms with Crippen LogP contribution in [0.4, 0.5) is 5.69 Å². The summed E-state index contributed by atoms with van der Waals surface area (Å²) in [4.78, 5) is 3.78. The Bertz CT molecular complexity index is 2920. The fourth-order valence-corrected chi connectivity index (χ4v) is 7.44. The number of hydrogen-bond acceptors (Lipinski definition) is 2. The molecular formula is C45H25N5. The smallest absolute Gasteiger partial charge is 0.189 e. The molecule has 0 amide bonds. The normalized spacial score (nSPS) is 11.1. The van der Waals surface area contributed by atoms with Gasteiger partial charge in [0.15, 0.2) is 5.69 Å². The lowest BCUT2D eigenvalue weighted by molar-refractivity contribution is 1.17. The molecule has 9 aromatic rings. The van der Waals surface area contributed by atoms with Crippen LogP contribution in [0.25, 0.3) is 82.1 Å². The number of aromatic nitrogens is 2. The first kappa shape index (κ1) is 28.8. The second kappa shape index (κ2) is 11.4. The fourth-order valence-electron chi connectivity index (χ4n) is 7.44. The van der Waals surface area contributed by atoms with Crippen molar-refractivity contribution in [1.82, 2.24) is 9.13 Å². The summed E-state index contributed by atoms with van der Waals surface area (Å²) in [5.74, 6) is 0. The molecule has 0 aliphatic heterocycles. The second-order valence-electron chi connectivity index (χ2n) is 12.3. The Balaban J connectivity index is 1.26. The average molecular weight is 636 g/mol. The molecular weight excluding hydrogens is 611 g/mol. The lowest BCUT2D eigenvalue weighted by Gasteiger charge is -2.17. The third kappa shape index (κ3) is 4.31. The zero-order valence-electron chi connectivity index (χ0n) is 26.7. The molecule has 7 aromatic carbocycles. The number of nitrogens with zero attached hydrogens (tertiary/aromatic N) is 5. The highest BCUT2D eigenvalue weighted by atomic mass is 15.0. The molecule has 0 unspecified atom stereocenters. The van der Waals surface area contributed by atoms with Crippen molar-refractivity contribution in [3.8, 4) is 45.8 Å². The van der Waals surface area contributed by atoms with E-state index in [9.17, 15) is 10.5 Å². The summed E-state index contributed by atoms with van der Waals surface area (Å²) in [5.41, 5.74) is 11.1. The van der Waals surface area contributed by atoms with Gasteiger partial charge in [-0.2, -0.15) is 10.5 Å². The molecule has 0 atom stereocenters. The predicted octanol–water partition coefficient (Wildman–Crippen LogP) is 11.5. The highest BCUT2D eigenvalue weighted by Crippen LogP contribution is 2.40. The number of para-hydroxylation sites is 3. The minimum Gasteiger partial charge on any atom is -0.310 e. The average Bonchev–Trinajstić information content (AvgIpc) is 3.70. The van der Waals surface area contributed by atoms with Crippen molar-refractivity contribution >= 4 is 49.3 Å². The monoisotopic (exact) mass is 635 g/mol.